The molecule has 1 saturated heterocycles. The Kier molecular flexibility index (Phi) is 5.55. The van der Waals surface area contributed by atoms with Crippen molar-refractivity contribution in [1.29, 1.82) is 0 Å². The number of anilines is 2. The number of amides is 1. The van der Waals surface area contributed by atoms with Crippen molar-refractivity contribution in [3.8, 4) is 5.75 Å². The van der Waals surface area contributed by atoms with Crippen LogP contribution in [-0.4, -0.2) is 59.9 Å². The van der Waals surface area contributed by atoms with E-state index in [2.05, 4.69) is 26.3 Å². The largest absolute Gasteiger partial charge is 0.492 e. The highest BCUT2D eigenvalue weighted by Crippen LogP contribution is 2.28. The maximum atomic E-state index is 12.1. The van der Waals surface area contributed by atoms with E-state index < -0.39 is 0 Å². The van der Waals surface area contributed by atoms with Gasteiger partial charge in [0.25, 0.3) is 0 Å². The van der Waals surface area contributed by atoms with E-state index in [4.69, 9.17) is 4.74 Å². The average molecular weight is 343 g/mol. The Balaban J connectivity index is 1.51. The van der Waals surface area contributed by atoms with E-state index in [9.17, 15) is 4.79 Å². The number of nitrogens with one attached hydrogen (secondary N) is 1. The van der Waals surface area contributed by atoms with E-state index >= 15 is 0 Å². The fourth-order valence-electron chi connectivity index (χ4n) is 3.01. The highest BCUT2D eigenvalue weighted by atomic mass is 16.5. The molecule has 1 amide bonds. The predicted molar refractivity (Wildman–Crippen MR) is 98.1 cm³/mol. The molecule has 0 bridgehead atoms. The number of rotatable bonds is 6. The Hall–Kier alpha value is -2.54. The highest BCUT2D eigenvalue weighted by molar-refractivity contribution is 5.91. The molecule has 134 valence electrons. The number of benzene rings is 1. The van der Waals surface area contributed by atoms with Crippen molar-refractivity contribution in [3.05, 3.63) is 36.5 Å². The van der Waals surface area contributed by atoms with Gasteiger partial charge in [-0.2, -0.15) is 5.10 Å². The summed E-state index contributed by atoms with van der Waals surface area (Å²) < 4.78 is 7.39. The number of carbonyl (C=O) groups excluding carboxylic acids is 1. The topological polar surface area (TPSA) is 62.6 Å². The molecule has 25 heavy (non-hydrogen) atoms. The third kappa shape index (κ3) is 4.51. The first-order valence-electron chi connectivity index (χ1n) is 8.64. The molecule has 0 spiro atoms. The SMILES string of the molecule is CCOc1ccccc1N1CCN(CC(=O)Nc2ccn(C)n2)CC1. The number of piperazine rings is 1. The Bertz CT molecular complexity index is 707. The van der Waals surface area contributed by atoms with Gasteiger partial charge in [-0.05, 0) is 19.1 Å². The molecular formula is C18H25N5O2. The van der Waals surface area contributed by atoms with E-state index in [1.54, 1.807) is 10.7 Å². The summed E-state index contributed by atoms with van der Waals surface area (Å²) in [5.74, 6) is 1.49. The molecule has 1 fully saturated rings. The molecule has 0 aliphatic carbocycles. The minimum atomic E-state index is -0.0260. The molecule has 7 nitrogen and oxygen atoms in total. The van der Waals surface area contributed by atoms with Crippen LogP contribution in [0.2, 0.25) is 0 Å². The second-order valence-electron chi connectivity index (χ2n) is 6.09. The summed E-state index contributed by atoms with van der Waals surface area (Å²) in [5, 5.41) is 7.00. The summed E-state index contributed by atoms with van der Waals surface area (Å²) in [6.45, 7) is 6.48. The molecule has 2 heterocycles. The molecule has 0 saturated carbocycles. The van der Waals surface area contributed by atoms with Gasteiger partial charge in [-0.1, -0.05) is 12.1 Å². The molecule has 1 aliphatic heterocycles. The highest BCUT2D eigenvalue weighted by Gasteiger charge is 2.21. The number of aryl methyl sites for hydroxylation is 1. The van der Waals surface area contributed by atoms with Gasteiger partial charge in [0.1, 0.15) is 5.75 Å². The van der Waals surface area contributed by atoms with Gasteiger partial charge in [0.15, 0.2) is 5.82 Å². The van der Waals surface area contributed by atoms with Gasteiger partial charge in [-0.3, -0.25) is 14.4 Å². The summed E-state index contributed by atoms with van der Waals surface area (Å²) >= 11 is 0. The lowest BCUT2D eigenvalue weighted by Gasteiger charge is -2.36. The van der Waals surface area contributed by atoms with Crippen molar-refractivity contribution in [1.82, 2.24) is 14.7 Å². The second kappa shape index (κ2) is 8.02. The van der Waals surface area contributed by atoms with Crippen molar-refractivity contribution in [2.75, 3.05) is 49.5 Å². The van der Waals surface area contributed by atoms with Gasteiger partial charge in [0.2, 0.25) is 5.91 Å². The Morgan fingerprint density at radius 2 is 1.96 bits per heavy atom. The van der Waals surface area contributed by atoms with E-state index in [0.717, 1.165) is 37.6 Å². The van der Waals surface area contributed by atoms with Crippen LogP contribution in [-0.2, 0) is 11.8 Å². The molecule has 0 atom stereocenters. The number of para-hydroxylation sites is 2. The third-order valence-corrected chi connectivity index (χ3v) is 4.23. The maximum absolute atomic E-state index is 12.1. The summed E-state index contributed by atoms with van der Waals surface area (Å²) in [5.41, 5.74) is 1.13. The predicted octanol–water partition coefficient (Wildman–Crippen LogP) is 1.58. The third-order valence-electron chi connectivity index (χ3n) is 4.23. The van der Waals surface area contributed by atoms with Crippen LogP contribution in [0.25, 0.3) is 0 Å². The zero-order chi connectivity index (χ0) is 17.6. The fraction of sp³-hybridized carbons (Fsp3) is 0.444. The van der Waals surface area contributed by atoms with Crippen molar-refractivity contribution in [2.45, 2.75) is 6.92 Å². The van der Waals surface area contributed by atoms with Crippen LogP contribution in [0.3, 0.4) is 0 Å². The fourth-order valence-corrected chi connectivity index (χ4v) is 3.01. The van der Waals surface area contributed by atoms with E-state index in [1.807, 2.05) is 38.4 Å². The standard InChI is InChI=1S/C18H25N5O2/c1-3-25-16-7-5-4-6-15(16)23-12-10-22(11-13-23)14-18(24)19-17-8-9-21(2)20-17/h4-9H,3,10-14H2,1-2H3,(H,19,20,24). The van der Waals surface area contributed by atoms with Crippen LogP contribution in [0, 0.1) is 0 Å². The monoisotopic (exact) mass is 343 g/mol. The summed E-state index contributed by atoms with van der Waals surface area (Å²) in [4.78, 5) is 16.6. The first-order valence-corrected chi connectivity index (χ1v) is 8.64. The molecule has 0 radical (unpaired) electrons. The van der Waals surface area contributed by atoms with Crippen LogP contribution < -0.4 is 15.0 Å². The molecule has 7 heteroatoms. The average Bonchev–Trinajstić information content (AvgIpc) is 3.01. The first kappa shape index (κ1) is 17.3. The van der Waals surface area contributed by atoms with Crippen LogP contribution >= 0.6 is 0 Å². The summed E-state index contributed by atoms with van der Waals surface area (Å²) in [6, 6.07) is 9.91. The molecule has 0 unspecified atom stereocenters. The molecule has 1 aromatic carbocycles. The van der Waals surface area contributed by atoms with E-state index in [1.165, 1.54) is 0 Å². The molecule has 1 N–H and O–H groups in total. The molecule has 1 aliphatic rings. The van der Waals surface area contributed by atoms with Crippen LogP contribution in [0.5, 0.6) is 5.75 Å². The van der Waals surface area contributed by atoms with Crippen molar-refractivity contribution < 1.29 is 9.53 Å². The number of ether oxygens (including phenoxy) is 1. The van der Waals surface area contributed by atoms with Crippen molar-refractivity contribution in [2.24, 2.45) is 7.05 Å². The van der Waals surface area contributed by atoms with Crippen LogP contribution in [0.15, 0.2) is 36.5 Å². The van der Waals surface area contributed by atoms with Gasteiger partial charge in [-0.15, -0.1) is 0 Å². The van der Waals surface area contributed by atoms with Gasteiger partial charge >= 0.3 is 0 Å². The molecule has 1 aromatic heterocycles. The number of carbonyl (C=O) groups is 1. The smallest absolute Gasteiger partial charge is 0.239 e. The molecular weight excluding hydrogens is 318 g/mol. The van der Waals surface area contributed by atoms with Crippen molar-refractivity contribution in [3.63, 3.8) is 0 Å². The van der Waals surface area contributed by atoms with Crippen molar-refractivity contribution >= 4 is 17.4 Å². The van der Waals surface area contributed by atoms with E-state index in [-0.39, 0.29) is 5.91 Å². The molecule has 3 rings (SSSR count). The summed E-state index contributed by atoms with van der Waals surface area (Å²) in [6.07, 6.45) is 1.81. The first-order chi connectivity index (χ1) is 12.2. The normalized spacial score (nSPS) is 15.2. The van der Waals surface area contributed by atoms with Gasteiger partial charge < -0.3 is 15.0 Å². The van der Waals surface area contributed by atoms with Crippen LogP contribution in [0.1, 0.15) is 6.92 Å². The Morgan fingerprint density at radius 1 is 1.20 bits per heavy atom. The zero-order valence-electron chi connectivity index (χ0n) is 14.8. The zero-order valence-corrected chi connectivity index (χ0v) is 14.8. The van der Waals surface area contributed by atoms with Gasteiger partial charge in [0, 0.05) is 45.5 Å². The van der Waals surface area contributed by atoms with Gasteiger partial charge in [-0.25, -0.2) is 0 Å². The number of nitrogens with zero attached hydrogens (tertiary/aromatic N) is 4. The quantitative estimate of drug-likeness (QED) is 0.863. The number of hydrogen-bond donors (Lipinski definition) is 1. The maximum Gasteiger partial charge on any atom is 0.239 e. The minimum absolute atomic E-state index is 0.0260. The van der Waals surface area contributed by atoms with Crippen LogP contribution in [0.4, 0.5) is 11.5 Å². The molecule has 2 aromatic rings. The second-order valence-corrected chi connectivity index (χ2v) is 6.09. The van der Waals surface area contributed by atoms with Gasteiger partial charge in [0.05, 0.1) is 18.8 Å². The lowest BCUT2D eigenvalue weighted by atomic mass is 10.2. The van der Waals surface area contributed by atoms with E-state index in [0.29, 0.717) is 19.0 Å². The Morgan fingerprint density at radius 3 is 2.64 bits per heavy atom. The lowest BCUT2D eigenvalue weighted by molar-refractivity contribution is -0.117. The Labute approximate surface area is 148 Å². The number of hydrogen-bond acceptors (Lipinski definition) is 5. The minimum Gasteiger partial charge on any atom is -0.492 e. The number of aromatic nitrogens is 2. The lowest BCUT2D eigenvalue weighted by Crippen LogP contribution is -2.48. The summed E-state index contributed by atoms with van der Waals surface area (Å²) in [7, 11) is 1.83.